The van der Waals surface area contributed by atoms with Gasteiger partial charge in [-0.1, -0.05) is 11.6 Å². The zero-order valence-corrected chi connectivity index (χ0v) is 9.99. The molecule has 0 atom stereocenters. The molecule has 0 spiro atoms. The van der Waals surface area contributed by atoms with Crippen molar-refractivity contribution in [2.45, 2.75) is 25.0 Å². The normalized spacial score (nSPS) is 23.7. The summed E-state index contributed by atoms with van der Waals surface area (Å²) < 4.78 is 10.1. The third kappa shape index (κ3) is 2.36. The average molecular weight is 244 g/mol. The van der Waals surface area contributed by atoms with Crippen molar-refractivity contribution >= 4 is 17.4 Å². The van der Waals surface area contributed by atoms with E-state index in [9.17, 15) is 0 Å². The summed E-state index contributed by atoms with van der Waals surface area (Å²) in [4.78, 5) is 8.06. The molecule has 88 valence electrons. The van der Waals surface area contributed by atoms with E-state index in [1.807, 2.05) is 0 Å². The van der Waals surface area contributed by atoms with E-state index in [2.05, 4.69) is 15.3 Å². The summed E-state index contributed by atoms with van der Waals surface area (Å²) in [5.74, 6) is 0.619. The highest BCUT2D eigenvalue weighted by Crippen LogP contribution is 2.28. The molecule has 0 aliphatic heterocycles. The fourth-order valence-corrected chi connectivity index (χ4v) is 1.77. The molecule has 0 radical (unpaired) electrons. The maximum Gasteiger partial charge on any atom is 0.318 e. The first-order valence-corrected chi connectivity index (χ1v) is 5.46. The molecule has 1 N–H and O–H groups in total. The highest BCUT2D eigenvalue weighted by Gasteiger charge is 2.29. The Labute approximate surface area is 99.1 Å². The molecule has 1 aromatic rings. The zero-order valence-electron chi connectivity index (χ0n) is 9.24. The number of ether oxygens (including phenoxy) is 2. The number of nitrogens with zero attached hydrogens (tertiary/aromatic N) is 2. The van der Waals surface area contributed by atoms with Crippen LogP contribution in [0.4, 0.5) is 5.82 Å². The fourth-order valence-electron chi connectivity index (χ4n) is 1.62. The zero-order chi connectivity index (χ0) is 11.5. The first-order valence-electron chi connectivity index (χ1n) is 5.08. The van der Waals surface area contributed by atoms with Crippen molar-refractivity contribution in [3.8, 4) is 6.01 Å². The lowest BCUT2D eigenvalue weighted by molar-refractivity contribution is 0.0328. The van der Waals surface area contributed by atoms with Crippen LogP contribution >= 0.6 is 11.6 Å². The molecule has 1 aliphatic rings. The lowest BCUT2D eigenvalue weighted by atomic mass is 9.89. The Hall–Kier alpha value is -1.07. The SMILES string of the molecule is COc1ncc(Cl)c(NC2CC(OC)C2)n1. The fraction of sp³-hybridized carbons (Fsp3) is 0.600. The summed E-state index contributed by atoms with van der Waals surface area (Å²) in [5.41, 5.74) is 0. The molecule has 0 amide bonds. The van der Waals surface area contributed by atoms with E-state index < -0.39 is 0 Å². The van der Waals surface area contributed by atoms with Crippen molar-refractivity contribution in [1.82, 2.24) is 9.97 Å². The number of anilines is 1. The molecule has 1 heterocycles. The number of methoxy groups -OCH3 is 2. The van der Waals surface area contributed by atoms with Gasteiger partial charge in [0.25, 0.3) is 0 Å². The number of rotatable bonds is 4. The lowest BCUT2D eigenvalue weighted by Gasteiger charge is -2.35. The van der Waals surface area contributed by atoms with E-state index in [1.165, 1.54) is 13.3 Å². The number of halogens is 1. The minimum atomic E-state index is 0.314. The van der Waals surface area contributed by atoms with Crippen LogP contribution in [0.25, 0.3) is 0 Å². The van der Waals surface area contributed by atoms with Gasteiger partial charge in [-0.05, 0) is 12.8 Å². The second kappa shape index (κ2) is 4.84. The molecule has 0 unspecified atom stereocenters. The molecular formula is C10H14ClN3O2. The molecule has 1 aromatic heterocycles. The Morgan fingerprint density at radius 1 is 1.44 bits per heavy atom. The van der Waals surface area contributed by atoms with Crippen molar-refractivity contribution in [2.24, 2.45) is 0 Å². The Morgan fingerprint density at radius 2 is 2.19 bits per heavy atom. The molecular weight excluding hydrogens is 230 g/mol. The summed E-state index contributed by atoms with van der Waals surface area (Å²) in [6.07, 6.45) is 3.82. The molecule has 2 rings (SSSR count). The van der Waals surface area contributed by atoms with Gasteiger partial charge in [-0.2, -0.15) is 4.98 Å². The van der Waals surface area contributed by atoms with E-state index >= 15 is 0 Å². The van der Waals surface area contributed by atoms with Gasteiger partial charge in [0, 0.05) is 13.2 Å². The van der Waals surface area contributed by atoms with Gasteiger partial charge in [-0.3, -0.25) is 0 Å². The quantitative estimate of drug-likeness (QED) is 0.873. The maximum absolute atomic E-state index is 5.97. The van der Waals surface area contributed by atoms with E-state index in [0.717, 1.165) is 12.8 Å². The largest absolute Gasteiger partial charge is 0.467 e. The van der Waals surface area contributed by atoms with Crippen LogP contribution in [0.1, 0.15) is 12.8 Å². The average Bonchev–Trinajstić information content (AvgIpc) is 2.25. The Morgan fingerprint density at radius 3 is 2.81 bits per heavy atom. The van der Waals surface area contributed by atoms with E-state index in [1.54, 1.807) is 7.11 Å². The van der Waals surface area contributed by atoms with Gasteiger partial charge < -0.3 is 14.8 Å². The van der Waals surface area contributed by atoms with Crippen LogP contribution in [-0.2, 0) is 4.74 Å². The van der Waals surface area contributed by atoms with E-state index in [-0.39, 0.29) is 0 Å². The van der Waals surface area contributed by atoms with Crippen molar-refractivity contribution in [2.75, 3.05) is 19.5 Å². The van der Waals surface area contributed by atoms with Gasteiger partial charge >= 0.3 is 6.01 Å². The third-order valence-electron chi connectivity index (χ3n) is 2.67. The predicted molar refractivity (Wildman–Crippen MR) is 61.0 cm³/mol. The van der Waals surface area contributed by atoms with E-state index in [4.69, 9.17) is 21.1 Å². The number of hydrogen-bond donors (Lipinski definition) is 1. The van der Waals surface area contributed by atoms with Gasteiger partial charge in [0.15, 0.2) is 5.82 Å². The standard InChI is InChI=1S/C10H14ClN3O2/c1-15-7-3-6(4-7)13-9-8(11)5-12-10(14-9)16-2/h5-7H,3-4H2,1-2H3,(H,12,13,14). The Balaban J connectivity index is 1.98. The Kier molecular flexibility index (Phi) is 3.46. The molecule has 5 nitrogen and oxygen atoms in total. The van der Waals surface area contributed by atoms with Crippen LogP contribution in [0, 0.1) is 0 Å². The third-order valence-corrected chi connectivity index (χ3v) is 2.95. The molecule has 1 aliphatic carbocycles. The van der Waals surface area contributed by atoms with Crippen molar-refractivity contribution < 1.29 is 9.47 Å². The summed E-state index contributed by atoms with van der Waals surface area (Å²) in [6.45, 7) is 0. The van der Waals surface area contributed by atoms with Crippen LogP contribution in [0.5, 0.6) is 6.01 Å². The van der Waals surface area contributed by atoms with Gasteiger partial charge in [-0.15, -0.1) is 0 Å². The van der Waals surface area contributed by atoms with Crippen molar-refractivity contribution in [1.29, 1.82) is 0 Å². The van der Waals surface area contributed by atoms with Crippen LogP contribution in [0.2, 0.25) is 5.02 Å². The van der Waals surface area contributed by atoms with E-state index in [0.29, 0.717) is 29.0 Å². The maximum atomic E-state index is 5.97. The van der Waals surface area contributed by atoms with Crippen molar-refractivity contribution in [3.63, 3.8) is 0 Å². The topological polar surface area (TPSA) is 56.3 Å². The smallest absolute Gasteiger partial charge is 0.318 e. The minimum Gasteiger partial charge on any atom is -0.467 e. The summed E-state index contributed by atoms with van der Waals surface area (Å²) >= 11 is 5.97. The van der Waals surface area contributed by atoms with Gasteiger partial charge in [0.1, 0.15) is 5.02 Å². The van der Waals surface area contributed by atoms with Gasteiger partial charge in [0.05, 0.1) is 19.4 Å². The molecule has 0 bridgehead atoms. The number of aromatic nitrogens is 2. The minimum absolute atomic E-state index is 0.314. The summed E-state index contributed by atoms with van der Waals surface area (Å²) in [7, 11) is 3.25. The molecule has 1 fully saturated rings. The number of nitrogens with one attached hydrogen (secondary N) is 1. The van der Waals surface area contributed by atoms with Gasteiger partial charge in [-0.25, -0.2) is 4.98 Å². The van der Waals surface area contributed by atoms with Gasteiger partial charge in [0.2, 0.25) is 0 Å². The lowest BCUT2D eigenvalue weighted by Crippen LogP contribution is -2.40. The first kappa shape index (κ1) is 11.4. The van der Waals surface area contributed by atoms with Crippen LogP contribution < -0.4 is 10.1 Å². The second-order valence-electron chi connectivity index (χ2n) is 3.72. The monoisotopic (exact) mass is 243 g/mol. The predicted octanol–water partition coefficient (Wildman–Crippen LogP) is 1.73. The van der Waals surface area contributed by atoms with Crippen LogP contribution in [0.3, 0.4) is 0 Å². The van der Waals surface area contributed by atoms with Crippen LogP contribution in [0.15, 0.2) is 6.20 Å². The molecule has 0 aromatic carbocycles. The molecule has 16 heavy (non-hydrogen) atoms. The first-order chi connectivity index (χ1) is 7.72. The highest BCUT2D eigenvalue weighted by atomic mass is 35.5. The Bertz CT molecular complexity index is 369. The van der Waals surface area contributed by atoms with Crippen molar-refractivity contribution in [3.05, 3.63) is 11.2 Å². The summed E-state index contributed by atoms with van der Waals surface area (Å²) in [5, 5.41) is 3.74. The molecule has 1 saturated carbocycles. The summed E-state index contributed by atoms with van der Waals surface area (Å²) in [6, 6.07) is 0.677. The highest BCUT2D eigenvalue weighted by molar-refractivity contribution is 6.32. The van der Waals surface area contributed by atoms with Crippen LogP contribution in [-0.4, -0.2) is 36.3 Å². The molecule has 0 saturated heterocycles. The second-order valence-corrected chi connectivity index (χ2v) is 4.13. The number of hydrogen-bond acceptors (Lipinski definition) is 5. The molecule has 6 heteroatoms.